The number of hydrogen-bond donors (Lipinski definition) is 1. The van der Waals surface area contributed by atoms with E-state index >= 15 is 0 Å². The second kappa shape index (κ2) is 5.67. The lowest BCUT2D eigenvalue weighted by molar-refractivity contribution is -0.0770. The molecule has 0 amide bonds. The molecule has 0 saturated heterocycles. The first-order chi connectivity index (χ1) is 8.24. The minimum absolute atomic E-state index is 0.559. The number of methoxy groups -OCH3 is 1. The van der Waals surface area contributed by atoms with Gasteiger partial charge in [-0.1, -0.05) is 29.8 Å². The first kappa shape index (κ1) is 12.6. The van der Waals surface area contributed by atoms with Gasteiger partial charge in [0.25, 0.3) is 0 Å². The highest BCUT2D eigenvalue weighted by atomic mass is 35.5. The summed E-state index contributed by atoms with van der Waals surface area (Å²) in [4.78, 5) is 0. The van der Waals surface area contributed by atoms with Crippen molar-refractivity contribution in [1.82, 2.24) is 0 Å². The first-order valence-electron chi connectivity index (χ1n) is 5.92. The number of rotatable bonds is 3. The van der Waals surface area contributed by atoms with Crippen LogP contribution in [-0.4, -0.2) is 12.2 Å². The molecule has 1 atom stereocenters. The Labute approximate surface area is 107 Å². The molecule has 1 aliphatic carbocycles. The zero-order valence-corrected chi connectivity index (χ0v) is 10.7. The van der Waals surface area contributed by atoms with Crippen LogP contribution in [0.4, 0.5) is 0 Å². The van der Waals surface area contributed by atoms with Gasteiger partial charge in [0, 0.05) is 17.7 Å². The summed E-state index contributed by atoms with van der Waals surface area (Å²) in [5, 5.41) is 10.4. The number of aliphatic hydroxyl groups excluding tert-OH is 1. The van der Waals surface area contributed by atoms with Crippen LogP contribution in [0.5, 0.6) is 0 Å². The van der Waals surface area contributed by atoms with E-state index < -0.39 is 6.29 Å². The SMILES string of the molecule is COC(O)c1c(Cl)cccc1C1=CCCCC1. The third-order valence-electron chi connectivity index (χ3n) is 3.16. The summed E-state index contributed by atoms with van der Waals surface area (Å²) < 4.78 is 4.99. The largest absolute Gasteiger partial charge is 0.364 e. The average Bonchev–Trinajstić information content (AvgIpc) is 2.38. The fraction of sp³-hybridized carbons (Fsp3) is 0.429. The van der Waals surface area contributed by atoms with Gasteiger partial charge < -0.3 is 9.84 Å². The average molecular weight is 253 g/mol. The summed E-state index contributed by atoms with van der Waals surface area (Å²) in [6.07, 6.45) is 5.86. The Morgan fingerprint density at radius 3 is 2.82 bits per heavy atom. The van der Waals surface area contributed by atoms with Crippen molar-refractivity contribution in [2.45, 2.75) is 32.0 Å². The number of allylic oxidation sites excluding steroid dienone is 2. The Morgan fingerprint density at radius 1 is 1.35 bits per heavy atom. The van der Waals surface area contributed by atoms with E-state index in [-0.39, 0.29) is 0 Å². The lowest BCUT2D eigenvalue weighted by atomic mass is 9.90. The van der Waals surface area contributed by atoms with Gasteiger partial charge in [0.1, 0.15) is 0 Å². The van der Waals surface area contributed by atoms with Crippen LogP contribution in [-0.2, 0) is 4.74 Å². The van der Waals surface area contributed by atoms with Crippen LogP contribution in [0.2, 0.25) is 5.02 Å². The number of aliphatic hydroxyl groups is 1. The molecule has 1 unspecified atom stereocenters. The Bertz CT molecular complexity index is 426. The number of ether oxygens (including phenoxy) is 1. The molecule has 17 heavy (non-hydrogen) atoms. The van der Waals surface area contributed by atoms with E-state index in [1.54, 1.807) is 6.07 Å². The maximum atomic E-state index is 9.89. The van der Waals surface area contributed by atoms with E-state index in [1.165, 1.54) is 25.5 Å². The highest BCUT2D eigenvalue weighted by Crippen LogP contribution is 2.35. The second-order valence-electron chi connectivity index (χ2n) is 4.26. The molecule has 0 heterocycles. The molecule has 3 heteroatoms. The molecule has 0 bridgehead atoms. The molecular weight excluding hydrogens is 236 g/mol. The van der Waals surface area contributed by atoms with Crippen LogP contribution in [0.3, 0.4) is 0 Å². The van der Waals surface area contributed by atoms with Gasteiger partial charge in [0.15, 0.2) is 6.29 Å². The van der Waals surface area contributed by atoms with Gasteiger partial charge in [-0.15, -0.1) is 0 Å². The van der Waals surface area contributed by atoms with Crippen LogP contribution in [0, 0.1) is 0 Å². The minimum atomic E-state index is -0.957. The van der Waals surface area contributed by atoms with Crippen molar-refractivity contribution in [2.24, 2.45) is 0 Å². The van der Waals surface area contributed by atoms with Gasteiger partial charge in [-0.2, -0.15) is 0 Å². The van der Waals surface area contributed by atoms with Crippen molar-refractivity contribution in [3.63, 3.8) is 0 Å². The zero-order valence-electron chi connectivity index (χ0n) is 9.95. The van der Waals surface area contributed by atoms with Crippen molar-refractivity contribution in [1.29, 1.82) is 0 Å². The lowest BCUT2D eigenvalue weighted by Crippen LogP contribution is -2.05. The highest BCUT2D eigenvalue weighted by molar-refractivity contribution is 6.31. The van der Waals surface area contributed by atoms with Gasteiger partial charge >= 0.3 is 0 Å². The van der Waals surface area contributed by atoms with E-state index in [4.69, 9.17) is 16.3 Å². The van der Waals surface area contributed by atoms with Gasteiger partial charge in [-0.3, -0.25) is 0 Å². The van der Waals surface area contributed by atoms with Crippen molar-refractivity contribution in [3.8, 4) is 0 Å². The summed E-state index contributed by atoms with van der Waals surface area (Å²) in [7, 11) is 1.48. The Hall–Kier alpha value is -0.830. The minimum Gasteiger partial charge on any atom is -0.364 e. The third-order valence-corrected chi connectivity index (χ3v) is 3.49. The van der Waals surface area contributed by atoms with Gasteiger partial charge in [-0.25, -0.2) is 0 Å². The van der Waals surface area contributed by atoms with Crippen molar-refractivity contribution >= 4 is 17.2 Å². The van der Waals surface area contributed by atoms with Gasteiger partial charge in [0.05, 0.1) is 0 Å². The lowest BCUT2D eigenvalue weighted by Gasteiger charge is -2.20. The summed E-state index contributed by atoms with van der Waals surface area (Å²) in [6.45, 7) is 0. The number of benzene rings is 1. The number of hydrogen-bond acceptors (Lipinski definition) is 2. The van der Waals surface area contributed by atoms with Gasteiger partial charge in [0.2, 0.25) is 0 Å². The molecule has 0 radical (unpaired) electrons. The summed E-state index contributed by atoms with van der Waals surface area (Å²) in [6, 6.07) is 5.70. The predicted molar refractivity (Wildman–Crippen MR) is 69.9 cm³/mol. The normalized spacial score (nSPS) is 17.7. The van der Waals surface area contributed by atoms with E-state index in [9.17, 15) is 5.11 Å². The highest BCUT2D eigenvalue weighted by Gasteiger charge is 2.18. The first-order valence-corrected chi connectivity index (χ1v) is 6.30. The molecular formula is C14H17ClO2. The molecule has 0 aliphatic heterocycles. The molecule has 2 rings (SSSR count). The van der Waals surface area contributed by atoms with Crippen LogP contribution in [0.25, 0.3) is 5.57 Å². The van der Waals surface area contributed by atoms with E-state index in [1.807, 2.05) is 12.1 Å². The van der Waals surface area contributed by atoms with Gasteiger partial charge in [-0.05, 0) is 42.9 Å². The smallest absolute Gasteiger partial charge is 0.182 e. The molecule has 92 valence electrons. The molecule has 0 fully saturated rings. The quantitative estimate of drug-likeness (QED) is 0.826. The molecule has 1 aromatic carbocycles. The summed E-state index contributed by atoms with van der Waals surface area (Å²) in [5.74, 6) is 0. The Kier molecular flexibility index (Phi) is 4.21. The maximum absolute atomic E-state index is 9.89. The van der Waals surface area contributed by atoms with Crippen LogP contribution in [0.1, 0.15) is 43.1 Å². The second-order valence-corrected chi connectivity index (χ2v) is 4.67. The van der Waals surface area contributed by atoms with Crippen LogP contribution >= 0.6 is 11.6 Å². The van der Waals surface area contributed by atoms with Crippen molar-refractivity contribution in [2.75, 3.05) is 7.11 Å². The van der Waals surface area contributed by atoms with Crippen LogP contribution in [0.15, 0.2) is 24.3 Å². The topological polar surface area (TPSA) is 29.5 Å². The fourth-order valence-corrected chi connectivity index (χ4v) is 2.54. The molecule has 1 N–H and O–H groups in total. The zero-order chi connectivity index (χ0) is 12.3. The van der Waals surface area contributed by atoms with E-state index in [0.29, 0.717) is 10.6 Å². The maximum Gasteiger partial charge on any atom is 0.182 e. The molecule has 0 saturated carbocycles. The van der Waals surface area contributed by atoms with Crippen molar-refractivity contribution < 1.29 is 9.84 Å². The standard InChI is InChI=1S/C14H17ClO2/c1-17-14(16)13-11(8-5-9-12(13)15)10-6-3-2-4-7-10/h5-6,8-9,14,16H,2-4,7H2,1H3. The van der Waals surface area contributed by atoms with E-state index in [2.05, 4.69) is 6.08 Å². The number of halogens is 1. The van der Waals surface area contributed by atoms with Crippen molar-refractivity contribution in [3.05, 3.63) is 40.4 Å². The Balaban J connectivity index is 2.45. The molecule has 1 aromatic rings. The Morgan fingerprint density at radius 2 is 2.18 bits per heavy atom. The molecule has 2 nitrogen and oxygen atoms in total. The third kappa shape index (κ3) is 2.71. The van der Waals surface area contributed by atoms with E-state index in [0.717, 1.165) is 18.4 Å². The molecule has 0 aromatic heterocycles. The monoisotopic (exact) mass is 252 g/mol. The molecule has 1 aliphatic rings. The summed E-state index contributed by atoms with van der Waals surface area (Å²) >= 11 is 6.16. The van der Waals surface area contributed by atoms with Crippen LogP contribution < -0.4 is 0 Å². The predicted octanol–water partition coefficient (Wildman–Crippen LogP) is 3.93. The summed E-state index contributed by atoms with van der Waals surface area (Å²) in [5.41, 5.74) is 2.97. The molecule has 0 spiro atoms. The fourth-order valence-electron chi connectivity index (χ4n) is 2.27.